The highest BCUT2D eigenvalue weighted by Crippen LogP contribution is 2.28. The topological polar surface area (TPSA) is 60.2 Å². The molecule has 1 rings (SSSR count). The molecule has 2 N–H and O–H groups in total. The highest BCUT2D eigenvalue weighted by atomic mass is 79.9. The van der Waals surface area contributed by atoms with E-state index in [-0.39, 0.29) is 11.8 Å². The molecular formula is C13H20BrNO2S2. The van der Waals surface area contributed by atoms with Crippen molar-refractivity contribution in [1.29, 1.82) is 0 Å². The molecule has 0 aliphatic rings. The van der Waals surface area contributed by atoms with Crippen LogP contribution in [0.15, 0.2) is 27.6 Å². The summed E-state index contributed by atoms with van der Waals surface area (Å²) < 4.78 is 23.2. The lowest BCUT2D eigenvalue weighted by molar-refractivity contribution is 0.603. The Hall–Kier alpha value is -0.0400. The maximum atomic E-state index is 11.1. The van der Waals surface area contributed by atoms with Gasteiger partial charge < -0.3 is 5.73 Å². The van der Waals surface area contributed by atoms with Crippen LogP contribution in [0.4, 0.5) is 0 Å². The first-order valence-electron chi connectivity index (χ1n) is 6.16. The molecule has 3 nitrogen and oxygen atoms in total. The minimum absolute atomic E-state index is 0.190. The zero-order valence-electron chi connectivity index (χ0n) is 11.2. The molecule has 1 unspecified atom stereocenters. The Bertz CT molecular complexity index is 517. The van der Waals surface area contributed by atoms with E-state index < -0.39 is 9.84 Å². The van der Waals surface area contributed by atoms with Gasteiger partial charge in [-0.1, -0.05) is 13.0 Å². The molecule has 0 aliphatic heterocycles. The van der Waals surface area contributed by atoms with Gasteiger partial charge >= 0.3 is 0 Å². The van der Waals surface area contributed by atoms with Gasteiger partial charge in [0, 0.05) is 27.4 Å². The van der Waals surface area contributed by atoms with E-state index in [1.807, 2.05) is 6.07 Å². The summed E-state index contributed by atoms with van der Waals surface area (Å²) in [4.78, 5) is 1.07. The van der Waals surface area contributed by atoms with E-state index in [9.17, 15) is 8.42 Å². The molecule has 0 spiro atoms. The zero-order chi connectivity index (χ0) is 14.5. The molecule has 0 heterocycles. The van der Waals surface area contributed by atoms with E-state index in [1.54, 1.807) is 11.8 Å². The van der Waals surface area contributed by atoms with Crippen LogP contribution in [0.1, 0.15) is 18.9 Å². The molecule has 19 heavy (non-hydrogen) atoms. The minimum atomic E-state index is -2.89. The zero-order valence-corrected chi connectivity index (χ0v) is 14.4. The standard InChI is InChI=1S/C13H20BrNO2S2/c1-3-11(15)8-10-4-5-13(12(14)9-10)18-6-7-19(2,16)17/h4-5,9,11H,3,6-8,15H2,1-2H3. The van der Waals surface area contributed by atoms with Gasteiger partial charge in [-0.2, -0.15) is 0 Å². The summed E-state index contributed by atoms with van der Waals surface area (Å²) in [6, 6.07) is 6.34. The second-order valence-electron chi connectivity index (χ2n) is 4.62. The van der Waals surface area contributed by atoms with Crippen LogP contribution in [0.2, 0.25) is 0 Å². The highest BCUT2D eigenvalue weighted by molar-refractivity contribution is 9.10. The monoisotopic (exact) mass is 365 g/mol. The first kappa shape index (κ1) is 17.0. The fourth-order valence-electron chi connectivity index (χ4n) is 1.54. The van der Waals surface area contributed by atoms with E-state index in [2.05, 4.69) is 35.0 Å². The normalized spacial score (nSPS) is 13.5. The molecule has 0 aromatic heterocycles. The van der Waals surface area contributed by atoms with E-state index in [4.69, 9.17) is 5.73 Å². The van der Waals surface area contributed by atoms with E-state index in [1.165, 1.54) is 11.8 Å². The summed E-state index contributed by atoms with van der Waals surface area (Å²) in [6.45, 7) is 2.08. The Labute approximate surface area is 128 Å². The van der Waals surface area contributed by atoms with Crippen LogP contribution in [0.25, 0.3) is 0 Å². The summed E-state index contributed by atoms with van der Waals surface area (Å²) in [7, 11) is -2.89. The number of sulfone groups is 1. The maximum absolute atomic E-state index is 11.1. The summed E-state index contributed by atoms with van der Waals surface area (Å²) in [5, 5.41) is 0. The lowest BCUT2D eigenvalue weighted by Crippen LogP contribution is -2.21. The molecule has 1 aromatic rings. The third-order valence-electron chi connectivity index (χ3n) is 2.73. The van der Waals surface area contributed by atoms with Gasteiger partial charge in [0.25, 0.3) is 0 Å². The Morgan fingerprint density at radius 3 is 2.63 bits per heavy atom. The van der Waals surface area contributed by atoms with Crippen molar-refractivity contribution in [1.82, 2.24) is 0 Å². The Balaban J connectivity index is 2.62. The van der Waals surface area contributed by atoms with E-state index >= 15 is 0 Å². The van der Waals surface area contributed by atoms with Crippen molar-refractivity contribution in [3.05, 3.63) is 28.2 Å². The second-order valence-corrected chi connectivity index (χ2v) is 8.87. The number of benzene rings is 1. The smallest absolute Gasteiger partial charge is 0.148 e. The molecule has 0 aliphatic carbocycles. The number of halogens is 1. The van der Waals surface area contributed by atoms with Crippen molar-refractivity contribution in [2.24, 2.45) is 5.73 Å². The molecule has 108 valence electrons. The first-order valence-corrected chi connectivity index (χ1v) is 10.00. The minimum Gasteiger partial charge on any atom is -0.327 e. The summed E-state index contributed by atoms with van der Waals surface area (Å²) >= 11 is 5.08. The van der Waals surface area contributed by atoms with E-state index in [0.717, 1.165) is 22.2 Å². The van der Waals surface area contributed by atoms with Gasteiger partial charge in [0.2, 0.25) is 0 Å². The van der Waals surface area contributed by atoms with Gasteiger partial charge in [-0.3, -0.25) is 0 Å². The molecule has 0 fully saturated rings. The molecular weight excluding hydrogens is 346 g/mol. The van der Waals surface area contributed by atoms with E-state index in [0.29, 0.717) is 5.75 Å². The number of hydrogen-bond donors (Lipinski definition) is 1. The summed E-state index contributed by atoms with van der Waals surface area (Å²) in [5.74, 6) is 0.776. The van der Waals surface area contributed by atoms with Crippen molar-refractivity contribution < 1.29 is 8.42 Å². The Morgan fingerprint density at radius 1 is 1.42 bits per heavy atom. The third kappa shape index (κ3) is 6.79. The average Bonchev–Trinajstić information content (AvgIpc) is 2.30. The number of rotatable bonds is 7. The molecule has 1 aromatic carbocycles. The summed E-state index contributed by atoms with van der Waals surface area (Å²) in [5.41, 5.74) is 7.14. The van der Waals surface area contributed by atoms with Crippen LogP contribution < -0.4 is 5.73 Å². The molecule has 0 amide bonds. The fraction of sp³-hybridized carbons (Fsp3) is 0.538. The summed E-state index contributed by atoms with van der Waals surface area (Å²) in [6.07, 6.45) is 3.09. The molecule has 0 bridgehead atoms. The number of thioether (sulfide) groups is 1. The largest absolute Gasteiger partial charge is 0.327 e. The third-order valence-corrected chi connectivity index (χ3v) is 5.93. The fourth-order valence-corrected chi connectivity index (χ4v) is 4.43. The van der Waals surface area contributed by atoms with Crippen molar-refractivity contribution in [2.75, 3.05) is 17.8 Å². The van der Waals surface area contributed by atoms with Crippen LogP contribution in [0, 0.1) is 0 Å². The van der Waals surface area contributed by atoms with Gasteiger partial charge in [0.15, 0.2) is 0 Å². The van der Waals surface area contributed by atoms with Crippen LogP contribution in [-0.2, 0) is 16.3 Å². The predicted octanol–water partition coefficient (Wildman–Crippen LogP) is 2.87. The van der Waals surface area contributed by atoms with Crippen LogP contribution in [-0.4, -0.2) is 32.2 Å². The van der Waals surface area contributed by atoms with Crippen LogP contribution >= 0.6 is 27.7 Å². The van der Waals surface area contributed by atoms with Crippen LogP contribution in [0.5, 0.6) is 0 Å². The van der Waals surface area contributed by atoms with Crippen molar-refractivity contribution in [2.45, 2.75) is 30.7 Å². The molecule has 0 radical (unpaired) electrons. The average molecular weight is 366 g/mol. The van der Waals surface area contributed by atoms with Gasteiger partial charge in [-0.05, 0) is 46.5 Å². The lowest BCUT2D eigenvalue weighted by Gasteiger charge is -2.10. The van der Waals surface area contributed by atoms with Gasteiger partial charge in [-0.15, -0.1) is 11.8 Å². The lowest BCUT2D eigenvalue weighted by atomic mass is 10.1. The quantitative estimate of drug-likeness (QED) is 0.754. The number of nitrogens with two attached hydrogens (primary N) is 1. The van der Waals surface area contributed by atoms with Gasteiger partial charge in [0.05, 0.1) is 5.75 Å². The van der Waals surface area contributed by atoms with Gasteiger partial charge in [-0.25, -0.2) is 8.42 Å². The van der Waals surface area contributed by atoms with Crippen molar-refractivity contribution in [3.8, 4) is 0 Å². The molecule has 0 saturated carbocycles. The van der Waals surface area contributed by atoms with Crippen LogP contribution in [0.3, 0.4) is 0 Å². The Kier molecular flexibility index (Phi) is 6.86. The predicted molar refractivity (Wildman–Crippen MR) is 86.5 cm³/mol. The highest BCUT2D eigenvalue weighted by Gasteiger charge is 2.07. The first-order chi connectivity index (χ1) is 8.81. The van der Waals surface area contributed by atoms with Gasteiger partial charge in [0.1, 0.15) is 9.84 Å². The molecule has 1 atom stereocenters. The Morgan fingerprint density at radius 2 is 2.11 bits per heavy atom. The second kappa shape index (κ2) is 7.67. The van der Waals surface area contributed by atoms with Crippen molar-refractivity contribution >= 4 is 37.5 Å². The molecule has 0 saturated heterocycles. The SMILES string of the molecule is CCC(N)Cc1ccc(SCCS(C)(=O)=O)c(Br)c1. The maximum Gasteiger partial charge on any atom is 0.148 e. The number of hydrogen-bond acceptors (Lipinski definition) is 4. The van der Waals surface area contributed by atoms with Crippen molar-refractivity contribution in [3.63, 3.8) is 0 Å². The molecule has 6 heteroatoms.